The molecule has 2 aromatic heterocycles. The second kappa shape index (κ2) is 8.31. The van der Waals surface area contributed by atoms with Gasteiger partial charge in [-0.3, -0.25) is 0 Å². The van der Waals surface area contributed by atoms with Crippen molar-refractivity contribution in [1.82, 2.24) is 19.7 Å². The quantitative estimate of drug-likeness (QED) is 0.784. The average Bonchev–Trinajstić information content (AvgIpc) is 2.97. The van der Waals surface area contributed by atoms with Crippen LogP contribution < -0.4 is 4.90 Å². The zero-order valence-corrected chi connectivity index (χ0v) is 16.1. The van der Waals surface area contributed by atoms with E-state index in [9.17, 15) is 10.2 Å². The van der Waals surface area contributed by atoms with E-state index in [1.54, 1.807) is 6.33 Å². The smallest absolute Gasteiger partial charge is 0.163 e. The Morgan fingerprint density at radius 2 is 2.12 bits per heavy atom. The molecule has 7 nitrogen and oxygen atoms in total. The minimum absolute atomic E-state index is 0.0295. The first-order valence-corrected chi connectivity index (χ1v) is 9.79. The molecule has 0 unspecified atom stereocenters. The minimum Gasteiger partial charge on any atom is -0.396 e. The van der Waals surface area contributed by atoms with Crippen molar-refractivity contribution >= 4 is 16.9 Å². The van der Waals surface area contributed by atoms with Crippen molar-refractivity contribution in [3.8, 4) is 0 Å². The van der Waals surface area contributed by atoms with Gasteiger partial charge in [0.1, 0.15) is 12.1 Å². The third kappa shape index (κ3) is 3.83. The van der Waals surface area contributed by atoms with Crippen LogP contribution in [0.2, 0.25) is 0 Å². The maximum absolute atomic E-state index is 10.3. The highest BCUT2D eigenvalue weighted by Crippen LogP contribution is 2.31. The van der Waals surface area contributed by atoms with Gasteiger partial charge in [-0.1, -0.05) is 27.2 Å². The number of unbranched alkanes of at least 4 members (excludes halogenated alkanes) is 1. The van der Waals surface area contributed by atoms with E-state index in [1.807, 2.05) is 4.68 Å². The van der Waals surface area contributed by atoms with Gasteiger partial charge < -0.3 is 15.1 Å². The lowest BCUT2D eigenvalue weighted by Gasteiger charge is -2.36. The highest BCUT2D eigenvalue weighted by atomic mass is 16.3. The molecule has 1 saturated heterocycles. The molecule has 1 aliphatic rings. The van der Waals surface area contributed by atoms with Crippen LogP contribution in [0.1, 0.15) is 45.7 Å². The van der Waals surface area contributed by atoms with Crippen LogP contribution in [0.5, 0.6) is 0 Å². The molecule has 2 N–H and O–H groups in total. The van der Waals surface area contributed by atoms with E-state index < -0.39 is 6.10 Å². The fourth-order valence-corrected chi connectivity index (χ4v) is 3.68. The molecule has 0 radical (unpaired) electrons. The van der Waals surface area contributed by atoms with Gasteiger partial charge in [0, 0.05) is 32.2 Å². The maximum Gasteiger partial charge on any atom is 0.163 e. The molecule has 0 bridgehead atoms. The summed E-state index contributed by atoms with van der Waals surface area (Å²) in [5.41, 5.74) is 1.93. The summed E-state index contributed by atoms with van der Waals surface area (Å²) in [6, 6.07) is 0. The summed E-state index contributed by atoms with van der Waals surface area (Å²) in [6.45, 7) is 8.70. The second-order valence-corrected chi connectivity index (χ2v) is 7.76. The number of hydrogen-bond donors (Lipinski definition) is 2. The summed E-state index contributed by atoms with van der Waals surface area (Å²) in [4.78, 5) is 11.2. The lowest BCUT2D eigenvalue weighted by atomic mass is 9.94. The third-order valence-electron chi connectivity index (χ3n) is 5.16. The fourth-order valence-electron chi connectivity index (χ4n) is 3.68. The number of hydrogen-bond acceptors (Lipinski definition) is 6. The number of β-amino-alcohol motifs (C(OH)–C–C–N with tert-alkyl or cyclic N) is 1. The van der Waals surface area contributed by atoms with Crippen molar-refractivity contribution in [2.45, 2.75) is 59.1 Å². The predicted molar refractivity (Wildman–Crippen MR) is 102 cm³/mol. The second-order valence-electron chi connectivity index (χ2n) is 7.76. The maximum atomic E-state index is 10.3. The molecular weight excluding hydrogens is 330 g/mol. The molecule has 7 heteroatoms. The van der Waals surface area contributed by atoms with Crippen LogP contribution in [0.25, 0.3) is 11.0 Å². The number of aliphatic hydroxyl groups is 2. The Morgan fingerprint density at radius 3 is 2.77 bits per heavy atom. The van der Waals surface area contributed by atoms with Gasteiger partial charge in [0.05, 0.1) is 17.2 Å². The van der Waals surface area contributed by atoms with Crippen LogP contribution in [0.3, 0.4) is 0 Å². The number of aryl methyl sites for hydroxylation is 1. The lowest BCUT2D eigenvalue weighted by molar-refractivity contribution is 0.0547. The molecule has 3 rings (SSSR count). The molecule has 0 spiro atoms. The number of anilines is 1. The first-order valence-electron chi connectivity index (χ1n) is 9.79. The highest BCUT2D eigenvalue weighted by molar-refractivity contribution is 5.90. The topological polar surface area (TPSA) is 87.3 Å². The number of rotatable bonds is 7. The van der Waals surface area contributed by atoms with Crippen LogP contribution in [0.4, 0.5) is 5.82 Å². The van der Waals surface area contributed by atoms with Gasteiger partial charge in [-0.2, -0.15) is 5.10 Å². The van der Waals surface area contributed by atoms with Crippen LogP contribution >= 0.6 is 0 Å². The SMILES string of the molecule is CCCCn1nc(CC(C)C)c2c(N3CC[C@H](CO)[C@@H](O)C3)ncnc21. The van der Waals surface area contributed by atoms with Crippen LogP contribution in [0, 0.1) is 11.8 Å². The monoisotopic (exact) mass is 361 g/mol. The number of aliphatic hydroxyl groups excluding tert-OH is 2. The van der Waals surface area contributed by atoms with Crippen molar-refractivity contribution in [3.05, 3.63) is 12.0 Å². The Kier molecular flexibility index (Phi) is 6.09. The van der Waals surface area contributed by atoms with Gasteiger partial charge in [0.25, 0.3) is 0 Å². The van der Waals surface area contributed by atoms with Crippen LogP contribution in [-0.4, -0.2) is 55.8 Å². The molecule has 0 saturated carbocycles. The zero-order chi connectivity index (χ0) is 18.7. The summed E-state index contributed by atoms with van der Waals surface area (Å²) >= 11 is 0. The summed E-state index contributed by atoms with van der Waals surface area (Å²) in [5, 5.41) is 25.6. The molecule has 144 valence electrons. The predicted octanol–water partition coefficient (Wildman–Crippen LogP) is 2.00. The normalized spacial score (nSPS) is 21.1. The molecule has 2 atom stereocenters. The van der Waals surface area contributed by atoms with E-state index in [2.05, 4.69) is 35.6 Å². The van der Waals surface area contributed by atoms with Crippen LogP contribution in [0.15, 0.2) is 6.33 Å². The molecule has 1 fully saturated rings. The molecule has 1 aliphatic heterocycles. The van der Waals surface area contributed by atoms with Crippen molar-refractivity contribution in [1.29, 1.82) is 0 Å². The number of aromatic nitrogens is 4. The van der Waals surface area contributed by atoms with Crippen molar-refractivity contribution in [2.24, 2.45) is 11.8 Å². The third-order valence-corrected chi connectivity index (χ3v) is 5.16. The number of nitrogens with zero attached hydrogens (tertiary/aromatic N) is 5. The Balaban J connectivity index is 2.01. The summed E-state index contributed by atoms with van der Waals surface area (Å²) in [6.07, 6.45) is 4.88. The fraction of sp³-hybridized carbons (Fsp3) is 0.737. The van der Waals surface area contributed by atoms with Gasteiger partial charge in [-0.05, 0) is 25.2 Å². The first-order chi connectivity index (χ1) is 12.5. The van der Waals surface area contributed by atoms with Gasteiger partial charge >= 0.3 is 0 Å². The van der Waals surface area contributed by atoms with Crippen molar-refractivity contribution in [3.63, 3.8) is 0 Å². The minimum atomic E-state index is -0.539. The average molecular weight is 361 g/mol. The Bertz CT molecular complexity index is 730. The van der Waals surface area contributed by atoms with E-state index in [0.29, 0.717) is 12.5 Å². The standard InChI is InChI=1S/C19H31N5O2/c1-4-5-7-24-19-17(15(22-24)9-13(2)3)18(20-12-21-19)23-8-6-14(11-25)16(26)10-23/h12-14,16,25-26H,4-11H2,1-3H3/t14-,16+/m1/s1. The van der Waals surface area contributed by atoms with E-state index in [1.165, 1.54) is 0 Å². The van der Waals surface area contributed by atoms with Crippen LogP contribution in [-0.2, 0) is 13.0 Å². The molecule has 2 aromatic rings. The van der Waals surface area contributed by atoms with Crippen molar-refractivity contribution in [2.75, 3.05) is 24.6 Å². The summed E-state index contributed by atoms with van der Waals surface area (Å²) in [5.74, 6) is 1.31. The molecule has 26 heavy (non-hydrogen) atoms. The number of piperidine rings is 1. The van der Waals surface area contributed by atoms with Gasteiger partial charge in [0.15, 0.2) is 5.65 Å². The van der Waals surface area contributed by atoms with Crippen molar-refractivity contribution < 1.29 is 10.2 Å². The lowest BCUT2D eigenvalue weighted by Crippen LogP contribution is -2.45. The molecule has 0 amide bonds. The highest BCUT2D eigenvalue weighted by Gasteiger charge is 2.30. The number of fused-ring (bicyclic) bond motifs is 1. The Morgan fingerprint density at radius 1 is 1.31 bits per heavy atom. The summed E-state index contributed by atoms with van der Waals surface area (Å²) < 4.78 is 2.01. The molecular formula is C19H31N5O2. The molecule has 0 aromatic carbocycles. The summed E-state index contributed by atoms with van der Waals surface area (Å²) in [7, 11) is 0. The van der Waals surface area contributed by atoms with E-state index in [0.717, 1.165) is 61.3 Å². The van der Waals surface area contributed by atoms with E-state index in [-0.39, 0.29) is 12.5 Å². The van der Waals surface area contributed by atoms with Gasteiger partial charge in [-0.15, -0.1) is 0 Å². The Labute approximate surface area is 155 Å². The van der Waals surface area contributed by atoms with Gasteiger partial charge in [0.2, 0.25) is 0 Å². The van der Waals surface area contributed by atoms with Gasteiger partial charge in [-0.25, -0.2) is 14.6 Å². The largest absolute Gasteiger partial charge is 0.396 e. The van der Waals surface area contributed by atoms with E-state index in [4.69, 9.17) is 5.10 Å². The molecule has 0 aliphatic carbocycles. The Hall–Kier alpha value is -1.73. The zero-order valence-electron chi connectivity index (χ0n) is 16.1. The van der Waals surface area contributed by atoms with E-state index >= 15 is 0 Å². The first kappa shape index (κ1) is 19.0. The molecule has 3 heterocycles.